The zero-order valence-electron chi connectivity index (χ0n) is 7.66. The lowest BCUT2D eigenvalue weighted by atomic mass is 9.82. The molecule has 1 fully saturated rings. The van der Waals surface area contributed by atoms with Gasteiger partial charge in [0, 0.05) is 5.92 Å². The molecule has 72 valence electrons. The van der Waals surface area contributed by atoms with Crippen molar-refractivity contribution in [1.29, 1.82) is 0 Å². The Bertz CT molecular complexity index is 287. The van der Waals surface area contributed by atoms with Crippen LogP contribution in [-0.2, 0) is 0 Å². The standard InChI is InChI=1S/C9H13BrN2S/c1-6-3-2-4-7(5-6)8-11-9(10)13-12-8/h6-7H,2-5H2,1H3. The third-order valence-corrected chi connectivity index (χ3v) is 3.85. The highest BCUT2D eigenvalue weighted by Crippen LogP contribution is 2.35. The number of hydrogen-bond acceptors (Lipinski definition) is 3. The van der Waals surface area contributed by atoms with Gasteiger partial charge >= 0.3 is 0 Å². The van der Waals surface area contributed by atoms with Crippen molar-refractivity contribution in [2.75, 3.05) is 0 Å². The van der Waals surface area contributed by atoms with E-state index in [1.807, 2.05) is 0 Å². The molecular weight excluding hydrogens is 248 g/mol. The van der Waals surface area contributed by atoms with E-state index >= 15 is 0 Å². The van der Waals surface area contributed by atoms with Crippen molar-refractivity contribution < 1.29 is 0 Å². The highest BCUT2D eigenvalue weighted by atomic mass is 79.9. The molecule has 1 aromatic heterocycles. The first kappa shape index (κ1) is 9.59. The van der Waals surface area contributed by atoms with Crippen molar-refractivity contribution in [3.63, 3.8) is 0 Å². The van der Waals surface area contributed by atoms with Gasteiger partial charge in [-0.2, -0.15) is 4.37 Å². The molecular formula is C9H13BrN2S. The Morgan fingerprint density at radius 2 is 2.31 bits per heavy atom. The van der Waals surface area contributed by atoms with Gasteiger partial charge in [-0.1, -0.05) is 19.8 Å². The molecule has 0 aromatic carbocycles. The highest BCUT2D eigenvalue weighted by Gasteiger charge is 2.23. The van der Waals surface area contributed by atoms with Gasteiger partial charge in [0.15, 0.2) is 3.92 Å². The predicted octanol–water partition coefficient (Wildman–Crippen LogP) is 3.59. The van der Waals surface area contributed by atoms with Crippen LogP contribution in [0.3, 0.4) is 0 Å². The Kier molecular flexibility index (Phi) is 2.99. The van der Waals surface area contributed by atoms with E-state index < -0.39 is 0 Å². The van der Waals surface area contributed by atoms with E-state index in [4.69, 9.17) is 0 Å². The Morgan fingerprint density at radius 3 is 2.92 bits per heavy atom. The fourth-order valence-corrected chi connectivity index (χ4v) is 2.94. The first-order valence-electron chi connectivity index (χ1n) is 4.75. The second-order valence-corrected chi connectivity index (χ2v) is 5.90. The van der Waals surface area contributed by atoms with Crippen LogP contribution in [0.5, 0.6) is 0 Å². The maximum atomic E-state index is 4.39. The van der Waals surface area contributed by atoms with Gasteiger partial charge in [-0.3, -0.25) is 0 Å². The molecule has 0 saturated heterocycles. The fourth-order valence-electron chi connectivity index (χ4n) is 2.05. The summed E-state index contributed by atoms with van der Waals surface area (Å²) in [6.07, 6.45) is 5.25. The molecule has 1 aliphatic carbocycles. The topological polar surface area (TPSA) is 25.8 Å². The van der Waals surface area contributed by atoms with Crippen molar-refractivity contribution in [1.82, 2.24) is 9.36 Å². The summed E-state index contributed by atoms with van der Waals surface area (Å²) in [5.41, 5.74) is 0. The van der Waals surface area contributed by atoms with Gasteiger partial charge in [0.2, 0.25) is 0 Å². The molecule has 1 aromatic rings. The van der Waals surface area contributed by atoms with Crippen molar-refractivity contribution in [3.05, 3.63) is 9.74 Å². The van der Waals surface area contributed by atoms with E-state index in [0.717, 1.165) is 15.7 Å². The van der Waals surface area contributed by atoms with Gasteiger partial charge in [-0.05, 0) is 46.2 Å². The largest absolute Gasteiger partial charge is 0.212 e. The normalized spacial score (nSPS) is 29.1. The lowest BCUT2D eigenvalue weighted by Crippen LogP contribution is -2.12. The fraction of sp³-hybridized carbons (Fsp3) is 0.778. The number of hydrogen-bond donors (Lipinski definition) is 0. The smallest absolute Gasteiger partial charge is 0.179 e. The minimum Gasteiger partial charge on any atom is -0.212 e. The van der Waals surface area contributed by atoms with E-state index in [1.54, 1.807) is 0 Å². The number of nitrogens with zero attached hydrogens (tertiary/aromatic N) is 2. The molecule has 13 heavy (non-hydrogen) atoms. The Morgan fingerprint density at radius 1 is 1.46 bits per heavy atom. The van der Waals surface area contributed by atoms with E-state index in [2.05, 4.69) is 32.2 Å². The molecule has 0 bridgehead atoms. The van der Waals surface area contributed by atoms with Crippen LogP contribution in [0.2, 0.25) is 0 Å². The molecule has 4 heteroatoms. The van der Waals surface area contributed by atoms with E-state index in [9.17, 15) is 0 Å². The lowest BCUT2D eigenvalue weighted by molar-refractivity contribution is 0.336. The van der Waals surface area contributed by atoms with Gasteiger partial charge in [-0.15, -0.1) is 0 Å². The third-order valence-electron chi connectivity index (χ3n) is 2.72. The minimum absolute atomic E-state index is 0.617. The Hall–Kier alpha value is 0.0400. The molecule has 0 radical (unpaired) electrons. The number of halogens is 1. The summed E-state index contributed by atoms with van der Waals surface area (Å²) in [4.78, 5) is 4.39. The van der Waals surface area contributed by atoms with Crippen LogP contribution in [-0.4, -0.2) is 9.36 Å². The third kappa shape index (κ3) is 2.29. The molecule has 0 amide bonds. The zero-order valence-corrected chi connectivity index (χ0v) is 10.1. The first-order valence-corrected chi connectivity index (χ1v) is 6.31. The zero-order chi connectivity index (χ0) is 9.26. The van der Waals surface area contributed by atoms with E-state index in [1.165, 1.54) is 37.2 Å². The summed E-state index contributed by atoms with van der Waals surface area (Å²) in [6.45, 7) is 2.33. The monoisotopic (exact) mass is 260 g/mol. The van der Waals surface area contributed by atoms with Crippen molar-refractivity contribution in [3.8, 4) is 0 Å². The van der Waals surface area contributed by atoms with Gasteiger partial charge in [0.05, 0.1) is 0 Å². The second kappa shape index (κ2) is 4.05. The van der Waals surface area contributed by atoms with Crippen LogP contribution in [0.15, 0.2) is 3.92 Å². The molecule has 0 aliphatic heterocycles. The molecule has 0 N–H and O–H groups in total. The molecule has 2 unspecified atom stereocenters. The Balaban J connectivity index is 2.08. The SMILES string of the molecule is CC1CCCC(c2nsc(Br)n2)C1. The maximum Gasteiger partial charge on any atom is 0.179 e. The van der Waals surface area contributed by atoms with Crippen LogP contribution in [0.1, 0.15) is 44.3 Å². The van der Waals surface area contributed by atoms with Crippen molar-refractivity contribution in [2.45, 2.75) is 38.5 Å². The summed E-state index contributed by atoms with van der Waals surface area (Å²) >= 11 is 4.81. The number of rotatable bonds is 1. The van der Waals surface area contributed by atoms with Crippen LogP contribution in [0.4, 0.5) is 0 Å². The molecule has 1 saturated carbocycles. The molecule has 1 aliphatic rings. The molecule has 1 heterocycles. The van der Waals surface area contributed by atoms with Gasteiger partial charge < -0.3 is 0 Å². The van der Waals surface area contributed by atoms with E-state index in [0.29, 0.717) is 5.92 Å². The maximum absolute atomic E-state index is 4.39. The molecule has 2 atom stereocenters. The number of aromatic nitrogens is 2. The minimum atomic E-state index is 0.617. The average molecular weight is 261 g/mol. The quantitative estimate of drug-likeness (QED) is 0.772. The first-order chi connectivity index (χ1) is 6.25. The van der Waals surface area contributed by atoms with Crippen LogP contribution < -0.4 is 0 Å². The van der Waals surface area contributed by atoms with Crippen molar-refractivity contribution >= 4 is 27.5 Å². The van der Waals surface area contributed by atoms with Gasteiger partial charge in [0.25, 0.3) is 0 Å². The van der Waals surface area contributed by atoms with Crippen LogP contribution in [0.25, 0.3) is 0 Å². The second-order valence-electron chi connectivity index (χ2n) is 3.87. The molecule has 0 spiro atoms. The van der Waals surface area contributed by atoms with Crippen molar-refractivity contribution in [2.24, 2.45) is 5.92 Å². The molecule has 2 rings (SSSR count). The summed E-state index contributed by atoms with van der Waals surface area (Å²) < 4.78 is 5.27. The average Bonchev–Trinajstić information content (AvgIpc) is 2.52. The molecule has 2 nitrogen and oxygen atoms in total. The Labute approximate surface area is 91.1 Å². The summed E-state index contributed by atoms with van der Waals surface area (Å²) in [6, 6.07) is 0. The van der Waals surface area contributed by atoms with Gasteiger partial charge in [-0.25, -0.2) is 4.98 Å². The van der Waals surface area contributed by atoms with E-state index in [-0.39, 0.29) is 0 Å². The van der Waals surface area contributed by atoms with Crippen LogP contribution in [0, 0.1) is 5.92 Å². The summed E-state index contributed by atoms with van der Waals surface area (Å²) in [7, 11) is 0. The lowest BCUT2D eigenvalue weighted by Gasteiger charge is -2.24. The highest BCUT2D eigenvalue weighted by molar-refractivity contribution is 9.11. The summed E-state index contributed by atoms with van der Waals surface area (Å²) in [5, 5.41) is 0. The summed E-state index contributed by atoms with van der Waals surface area (Å²) in [5.74, 6) is 2.52. The van der Waals surface area contributed by atoms with Crippen LogP contribution >= 0.6 is 27.5 Å². The predicted molar refractivity (Wildman–Crippen MR) is 58.0 cm³/mol. The van der Waals surface area contributed by atoms with Gasteiger partial charge in [0.1, 0.15) is 5.82 Å².